The zero-order chi connectivity index (χ0) is 26.2. The maximum Gasteiger partial charge on any atom is 0.482 e. The highest BCUT2D eigenvalue weighted by atomic mass is 16.7. The Kier molecular flexibility index (Phi) is 7.25. The normalized spacial score (nSPS) is 32.5. The van der Waals surface area contributed by atoms with E-state index in [9.17, 15) is 9.59 Å². The van der Waals surface area contributed by atoms with Gasteiger partial charge in [-0.25, -0.2) is 11.4 Å². The summed E-state index contributed by atoms with van der Waals surface area (Å²) < 4.78 is 18.8. The van der Waals surface area contributed by atoms with E-state index in [2.05, 4.69) is 30.9 Å². The Morgan fingerprint density at radius 3 is 2.76 bits per heavy atom. The molecule has 2 heterocycles. The van der Waals surface area contributed by atoms with Crippen LogP contribution in [0.4, 0.5) is 4.79 Å². The lowest BCUT2D eigenvalue weighted by Crippen LogP contribution is -2.65. The van der Waals surface area contributed by atoms with Crippen LogP contribution in [-0.4, -0.2) is 67.4 Å². The van der Waals surface area contributed by atoms with E-state index in [1.807, 2.05) is 30.3 Å². The number of rotatable bonds is 7. The van der Waals surface area contributed by atoms with Crippen LogP contribution in [0.15, 0.2) is 30.3 Å². The molecule has 1 aromatic carbocycles. The molecule has 5 fully saturated rings. The third-order valence-electron chi connectivity index (χ3n) is 9.47. The zero-order valence-corrected chi connectivity index (χ0v) is 22.2. The quantitative estimate of drug-likeness (QED) is 0.448. The lowest BCUT2D eigenvalue weighted by Gasteiger charge is -2.64. The van der Waals surface area contributed by atoms with Gasteiger partial charge in [0.05, 0.1) is 23.7 Å². The lowest BCUT2D eigenvalue weighted by molar-refractivity contribution is -0.199. The molecule has 2 amide bonds. The molecule has 3 aliphatic carbocycles. The van der Waals surface area contributed by atoms with Gasteiger partial charge in [0.25, 0.3) is 6.54 Å². The highest BCUT2D eigenvalue weighted by Gasteiger charge is 2.68. The lowest BCUT2D eigenvalue weighted by atomic mass is 9.43. The summed E-state index contributed by atoms with van der Waals surface area (Å²) in [5, 5.41) is 3.03. The van der Waals surface area contributed by atoms with Gasteiger partial charge in [0.2, 0.25) is 0 Å². The van der Waals surface area contributed by atoms with Crippen molar-refractivity contribution in [3.8, 4) is 0 Å². The minimum atomic E-state index is -0.565. The molecule has 6 rings (SSSR count). The summed E-state index contributed by atoms with van der Waals surface area (Å²) in [7, 11) is -0.565. The van der Waals surface area contributed by atoms with Crippen molar-refractivity contribution >= 4 is 19.1 Å². The van der Waals surface area contributed by atoms with Gasteiger partial charge in [0, 0.05) is 6.54 Å². The van der Waals surface area contributed by atoms with Crippen molar-refractivity contribution in [2.24, 2.45) is 17.3 Å². The largest absolute Gasteiger partial charge is 0.482 e. The summed E-state index contributed by atoms with van der Waals surface area (Å²) in [6, 6.07) is 9.81. The molecule has 2 saturated heterocycles. The number of alkyl carbamates (subject to hydrolysis) is 1. The number of likely N-dealkylation sites (tertiary alicyclic amines) is 1. The van der Waals surface area contributed by atoms with E-state index in [1.165, 1.54) is 6.42 Å². The van der Waals surface area contributed by atoms with Crippen LogP contribution in [0.2, 0.25) is 0 Å². The summed E-state index contributed by atoms with van der Waals surface area (Å²) in [5.74, 6) is 0.468. The maximum absolute atomic E-state index is 13.0. The number of ether oxygens (including phenoxy) is 1. The van der Waals surface area contributed by atoms with Crippen LogP contribution >= 0.6 is 0 Å². The van der Waals surface area contributed by atoms with Gasteiger partial charge in [-0.15, -0.1) is 0 Å². The second-order valence-electron chi connectivity index (χ2n) is 11.9. The predicted molar refractivity (Wildman–Crippen MR) is 139 cm³/mol. The summed E-state index contributed by atoms with van der Waals surface area (Å²) in [6.45, 7) is 14.4. The van der Waals surface area contributed by atoms with Gasteiger partial charge in [0.15, 0.2) is 0 Å². The number of amides is 2. The van der Waals surface area contributed by atoms with Gasteiger partial charge in [0.1, 0.15) is 6.61 Å². The number of nitrogens with one attached hydrogen (secondary N) is 1. The van der Waals surface area contributed by atoms with Crippen molar-refractivity contribution in [3.05, 3.63) is 47.3 Å². The average Bonchev–Trinajstić information content (AvgIpc) is 3.25. The Labute approximate surface area is 220 Å². The molecule has 1 N–H and O–H groups in total. The summed E-state index contributed by atoms with van der Waals surface area (Å²) in [5.41, 5.74) is 0.948. The van der Waals surface area contributed by atoms with Crippen LogP contribution in [-0.2, 0) is 25.3 Å². The molecule has 0 radical (unpaired) electrons. The summed E-state index contributed by atoms with van der Waals surface area (Å²) >= 11 is 0. The van der Waals surface area contributed by atoms with Gasteiger partial charge in [-0.05, 0) is 68.3 Å². The Bertz CT molecular complexity index is 1050. The molecule has 198 valence electrons. The van der Waals surface area contributed by atoms with Gasteiger partial charge in [-0.1, -0.05) is 44.2 Å². The molecule has 2 bridgehead atoms. The third kappa shape index (κ3) is 4.98. The van der Waals surface area contributed by atoms with E-state index in [4.69, 9.17) is 20.6 Å². The molecule has 9 heteroatoms. The number of piperidine rings is 1. The number of carbonyl (C=O) groups excluding carboxylic acids is 2. The monoisotopic (exact) mass is 507 g/mol. The molecule has 3 saturated carbocycles. The van der Waals surface area contributed by atoms with Gasteiger partial charge < -0.3 is 29.1 Å². The number of carbonyl (C=O) groups is 2. The first-order chi connectivity index (χ1) is 17.7. The van der Waals surface area contributed by atoms with Gasteiger partial charge in [-0.2, -0.15) is 0 Å². The van der Waals surface area contributed by atoms with Crippen LogP contribution < -0.4 is 5.32 Å². The fourth-order valence-corrected chi connectivity index (χ4v) is 7.18. The first-order valence-corrected chi connectivity index (χ1v) is 13.7. The van der Waals surface area contributed by atoms with Crippen molar-refractivity contribution in [1.29, 1.82) is 0 Å². The average molecular weight is 507 g/mol. The second-order valence-corrected chi connectivity index (χ2v) is 11.9. The summed E-state index contributed by atoms with van der Waals surface area (Å²) in [6.07, 6.45) is 4.82. The van der Waals surface area contributed by atoms with Crippen LogP contribution in [0, 0.1) is 23.8 Å². The van der Waals surface area contributed by atoms with E-state index >= 15 is 0 Å². The highest BCUT2D eigenvalue weighted by Crippen LogP contribution is 2.65. The maximum atomic E-state index is 13.0. The second kappa shape index (κ2) is 10.3. The SMILES string of the molecule is [C-]#[N+]CC(=O)N1CCCC[C@@H]1COC(=O)N[C@@H](Cc1ccccc1)B1O[C@@H]2C[C@@H]3C[C@@H](C3(C)C)[C@]2(C)O1. The van der Waals surface area contributed by atoms with Gasteiger partial charge in [-0.3, -0.25) is 4.79 Å². The zero-order valence-electron chi connectivity index (χ0n) is 22.2. The predicted octanol–water partition coefficient (Wildman–Crippen LogP) is 3.89. The molecule has 0 unspecified atom stereocenters. The molecular formula is C28H38BN3O5. The number of nitrogens with zero attached hydrogens (tertiary/aromatic N) is 2. The Balaban J connectivity index is 1.25. The number of hydrogen-bond donors (Lipinski definition) is 1. The molecule has 6 atom stereocenters. The van der Waals surface area contributed by atoms with E-state index < -0.39 is 19.2 Å². The molecule has 0 aromatic heterocycles. The molecule has 5 aliphatic rings. The smallest absolute Gasteiger partial charge is 0.447 e. The van der Waals surface area contributed by atoms with E-state index in [0.717, 1.165) is 31.2 Å². The Morgan fingerprint density at radius 1 is 1.24 bits per heavy atom. The summed E-state index contributed by atoms with van der Waals surface area (Å²) in [4.78, 5) is 30.3. The van der Waals surface area contributed by atoms with Crippen LogP contribution in [0.3, 0.4) is 0 Å². The minimum absolute atomic E-state index is 0.0228. The van der Waals surface area contributed by atoms with E-state index in [0.29, 0.717) is 24.8 Å². The highest BCUT2D eigenvalue weighted by molar-refractivity contribution is 6.47. The van der Waals surface area contributed by atoms with E-state index in [1.54, 1.807) is 4.90 Å². The number of hydrogen-bond acceptors (Lipinski definition) is 5. The van der Waals surface area contributed by atoms with Crippen LogP contribution in [0.25, 0.3) is 4.85 Å². The molecule has 8 nitrogen and oxygen atoms in total. The third-order valence-corrected chi connectivity index (χ3v) is 9.47. The van der Waals surface area contributed by atoms with Crippen molar-refractivity contribution < 1.29 is 23.6 Å². The molecule has 2 aliphatic heterocycles. The first kappa shape index (κ1) is 26.1. The van der Waals surface area contributed by atoms with Gasteiger partial charge >= 0.3 is 19.1 Å². The molecule has 1 aromatic rings. The molecule has 37 heavy (non-hydrogen) atoms. The standard InChI is InChI=1S/C28H38BN3O5/c1-27(2)20-15-22(27)28(3)23(16-20)36-29(37-28)24(14-19-10-6-5-7-11-19)31-26(34)35-18-21-12-8-9-13-32(21)25(33)17-30-4/h5-7,10-11,20-24H,8-9,12-18H2,1-3H3,(H,31,34)/t20-,21+,22-,23+,24-,28-/m0/s1. The van der Waals surface area contributed by atoms with Crippen molar-refractivity contribution in [2.45, 2.75) is 83.0 Å². The topological polar surface area (TPSA) is 81.5 Å². The van der Waals surface area contributed by atoms with E-state index in [-0.39, 0.29) is 42.2 Å². The Hall–Kier alpha value is -2.57. The Morgan fingerprint density at radius 2 is 2.03 bits per heavy atom. The molecular weight excluding hydrogens is 469 g/mol. The first-order valence-electron chi connectivity index (χ1n) is 13.7. The minimum Gasteiger partial charge on any atom is -0.447 e. The van der Waals surface area contributed by atoms with Crippen molar-refractivity contribution in [2.75, 3.05) is 19.7 Å². The van der Waals surface area contributed by atoms with Crippen molar-refractivity contribution in [1.82, 2.24) is 10.2 Å². The van der Waals surface area contributed by atoms with Crippen LogP contribution in [0.1, 0.15) is 58.4 Å². The fourth-order valence-electron chi connectivity index (χ4n) is 7.18. The van der Waals surface area contributed by atoms with Crippen molar-refractivity contribution in [3.63, 3.8) is 0 Å². The number of benzene rings is 1. The fraction of sp³-hybridized carbons (Fsp3) is 0.679. The van der Waals surface area contributed by atoms with Crippen LogP contribution in [0.5, 0.6) is 0 Å². The molecule has 0 spiro atoms.